The van der Waals surface area contributed by atoms with E-state index < -0.39 is 0 Å². The topological polar surface area (TPSA) is 30.0 Å². The predicted molar refractivity (Wildman–Crippen MR) is 57.7 cm³/mol. The molecule has 0 spiro atoms. The molecule has 0 N–H and O–H groups in total. The molecule has 0 saturated carbocycles. The molecule has 3 heteroatoms. The second-order valence-corrected chi connectivity index (χ2v) is 4.19. The lowest BCUT2D eigenvalue weighted by Gasteiger charge is -1.96. The van der Waals surface area contributed by atoms with Crippen molar-refractivity contribution in [3.8, 4) is 11.1 Å². The zero-order chi connectivity index (χ0) is 9.97. The van der Waals surface area contributed by atoms with Crippen molar-refractivity contribution in [3.63, 3.8) is 0 Å². The normalized spacial score (nSPS) is 10.1. The van der Waals surface area contributed by atoms with Gasteiger partial charge in [-0.1, -0.05) is 0 Å². The highest BCUT2D eigenvalue weighted by Crippen LogP contribution is 2.24. The van der Waals surface area contributed by atoms with Crippen molar-refractivity contribution in [3.05, 3.63) is 40.3 Å². The van der Waals surface area contributed by atoms with E-state index in [0.717, 1.165) is 17.4 Å². The number of carbonyl (C=O) groups excluding carboxylic acids is 1. The molecule has 0 unspecified atom stereocenters. The van der Waals surface area contributed by atoms with Crippen LogP contribution in [-0.4, -0.2) is 11.3 Å². The summed E-state index contributed by atoms with van der Waals surface area (Å²) in [6.45, 7) is 2.06. The first-order valence-corrected chi connectivity index (χ1v) is 5.13. The van der Waals surface area contributed by atoms with E-state index in [1.165, 1.54) is 4.88 Å². The molecule has 0 atom stereocenters. The lowest BCUT2D eigenvalue weighted by molar-refractivity contribution is 0.112. The molecule has 70 valence electrons. The number of aryl methyl sites for hydroxylation is 1. The number of rotatable bonds is 2. The first-order chi connectivity index (χ1) is 6.79. The number of hydrogen-bond donors (Lipinski definition) is 0. The summed E-state index contributed by atoms with van der Waals surface area (Å²) in [5, 5.41) is 2.07. The average Bonchev–Trinajstić information content (AvgIpc) is 2.65. The molecule has 2 heterocycles. The first-order valence-electron chi connectivity index (χ1n) is 4.25. The fraction of sp³-hybridized carbons (Fsp3) is 0.0909. The lowest BCUT2D eigenvalue weighted by Crippen LogP contribution is -1.83. The summed E-state index contributed by atoms with van der Waals surface area (Å²) >= 11 is 1.70. The Labute approximate surface area is 86.2 Å². The Hall–Kier alpha value is -1.48. The molecule has 0 aliphatic carbocycles. The van der Waals surface area contributed by atoms with Gasteiger partial charge in [-0.15, -0.1) is 11.3 Å². The van der Waals surface area contributed by atoms with Gasteiger partial charge in [-0.25, -0.2) is 0 Å². The van der Waals surface area contributed by atoms with Gasteiger partial charge >= 0.3 is 0 Å². The van der Waals surface area contributed by atoms with Gasteiger partial charge in [-0.3, -0.25) is 9.78 Å². The molecule has 2 aromatic rings. The van der Waals surface area contributed by atoms with Crippen LogP contribution >= 0.6 is 11.3 Å². The fourth-order valence-corrected chi connectivity index (χ4v) is 1.99. The van der Waals surface area contributed by atoms with Gasteiger partial charge in [-0.05, 0) is 30.0 Å². The first kappa shape index (κ1) is 9.09. The van der Waals surface area contributed by atoms with Crippen molar-refractivity contribution in [1.29, 1.82) is 0 Å². The smallest absolute Gasteiger partial charge is 0.151 e. The Morgan fingerprint density at radius 1 is 1.29 bits per heavy atom. The molecule has 0 bridgehead atoms. The summed E-state index contributed by atoms with van der Waals surface area (Å²) in [5.74, 6) is 0. The molecule has 14 heavy (non-hydrogen) atoms. The van der Waals surface area contributed by atoms with E-state index in [1.54, 1.807) is 23.7 Å². The maximum absolute atomic E-state index is 10.6. The molecule has 0 amide bonds. The van der Waals surface area contributed by atoms with Gasteiger partial charge in [0.15, 0.2) is 6.29 Å². The Morgan fingerprint density at radius 3 is 2.79 bits per heavy atom. The van der Waals surface area contributed by atoms with Crippen LogP contribution in [0.5, 0.6) is 0 Å². The predicted octanol–water partition coefficient (Wildman–Crippen LogP) is 2.93. The number of thiophene rings is 1. The Morgan fingerprint density at radius 2 is 2.14 bits per heavy atom. The van der Waals surface area contributed by atoms with E-state index in [-0.39, 0.29) is 0 Å². The van der Waals surface area contributed by atoms with Gasteiger partial charge in [0.2, 0.25) is 0 Å². The van der Waals surface area contributed by atoms with Gasteiger partial charge in [0.1, 0.15) is 0 Å². The maximum atomic E-state index is 10.6. The molecule has 0 aliphatic rings. The molecular weight excluding hydrogens is 194 g/mol. The van der Waals surface area contributed by atoms with Gasteiger partial charge < -0.3 is 0 Å². The van der Waals surface area contributed by atoms with Crippen LogP contribution < -0.4 is 0 Å². The maximum Gasteiger partial charge on any atom is 0.151 e. The quantitative estimate of drug-likeness (QED) is 0.702. The van der Waals surface area contributed by atoms with Crippen LogP contribution in [0.25, 0.3) is 11.1 Å². The van der Waals surface area contributed by atoms with Gasteiger partial charge in [0.25, 0.3) is 0 Å². The van der Waals surface area contributed by atoms with Crippen molar-refractivity contribution in [2.75, 3.05) is 0 Å². The van der Waals surface area contributed by atoms with E-state index in [4.69, 9.17) is 0 Å². The third-order valence-electron chi connectivity index (χ3n) is 1.96. The number of nitrogens with zero attached hydrogens (tertiary/aromatic N) is 1. The van der Waals surface area contributed by atoms with Crippen LogP contribution in [0, 0.1) is 6.92 Å². The molecule has 2 nitrogen and oxygen atoms in total. The molecular formula is C11H9NOS. The number of pyridine rings is 1. The summed E-state index contributed by atoms with van der Waals surface area (Å²) in [4.78, 5) is 15.8. The minimum absolute atomic E-state index is 0.617. The largest absolute Gasteiger partial charge is 0.298 e. The van der Waals surface area contributed by atoms with Crippen LogP contribution in [-0.2, 0) is 0 Å². The van der Waals surface area contributed by atoms with Gasteiger partial charge in [-0.2, -0.15) is 0 Å². The summed E-state index contributed by atoms with van der Waals surface area (Å²) < 4.78 is 0. The summed E-state index contributed by atoms with van der Waals surface area (Å²) in [7, 11) is 0. The summed E-state index contributed by atoms with van der Waals surface area (Å²) in [6.07, 6.45) is 4.15. The van der Waals surface area contributed by atoms with E-state index in [1.807, 2.05) is 6.07 Å². The second-order valence-electron chi connectivity index (χ2n) is 3.07. The van der Waals surface area contributed by atoms with Crippen molar-refractivity contribution in [1.82, 2.24) is 4.98 Å². The van der Waals surface area contributed by atoms with Crippen LogP contribution in [0.15, 0.2) is 29.9 Å². The number of aromatic nitrogens is 1. The molecule has 0 aromatic carbocycles. The number of aldehydes is 1. The van der Waals surface area contributed by atoms with Crippen molar-refractivity contribution in [2.45, 2.75) is 6.92 Å². The number of hydrogen-bond acceptors (Lipinski definition) is 3. The molecule has 0 saturated heterocycles. The Bertz CT molecular complexity index is 462. The van der Waals surface area contributed by atoms with Gasteiger partial charge in [0, 0.05) is 28.4 Å². The summed E-state index contributed by atoms with van der Waals surface area (Å²) in [5.41, 5.74) is 2.74. The third-order valence-corrected chi connectivity index (χ3v) is 2.82. The van der Waals surface area contributed by atoms with Crippen LogP contribution in [0.4, 0.5) is 0 Å². The van der Waals surface area contributed by atoms with Crippen molar-refractivity contribution < 1.29 is 4.79 Å². The minimum Gasteiger partial charge on any atom is -0.298 e. The standard InChI is InChI=1S/C11H9NOS/c1-8-2-11(7-14-8)10-3-9(6-13)4-12-5-10/h2-7H,1H3. The molecule has 0 aliphatic heterocycles. The highest BCUT2D eigenvalue weighted by Gasteiger charge is 2.01. The molecule has 0 radical (unpaired) electrons. The average molecular weight is 203 g/mol. The van der Waals surface area contributed by atoms with E-state index in [0.29, 0.717) is 5.56 Å². The highest BCUT2D eigenvalue weighted by atomic mass is 32.1. The number of carbonyl (C=O) groups is 1. The van der Waals surface area contributed by atoms with E-state index in [9.17, 15) is 4.79 Å². The zero-order valence-electron chi connectivity index (χ0n) is 7.73. The molecule has 2 rings (SSSR count). The van der Waals surface area contributed by atoms with E-state index >= 15 is 0 Å². The Balaban J connectivity index is 2.46. The van der Waals surface area contributed by atoms with Crippen molar-refractivity contribution in [2.24, 2.45) is 0 Å². The molecule has 2 aromatic heterocycles. The summed E-state index contributed by atoms with van der Waals surface area (Å²) in [6, 6.07) is 3.94. The third kappa shape index (κ3) is 1.72. The fourth-order valence-electron chi connectivity index (χ4n) is 1.27. The monoisotopic (exact) mass is 203 g/mol. The van der Waals surface area contributed by atoms with Crippen LogP contribution in [0.2, 0.25) is 0 Å². The lowest BCUT2D eigenvalue weighted by atomic mass is 10.1. The zero-order valence-corrected chi connectivity index (χ0v) is 8.54. The van der Waals surface area contributed by atoms with Gasteiger partial charge in [0.05, 0.1) is 0 Å². The van der Waals surface area contributed by atoms with Crippen LogP contribution in [0.3, 0.4) is 0 Å². The van der Waals surface area contributed by atoms with E-state index in [2.05, 4.69) is 23.4 Å². The molecule has 0 fully saturated rings. The second kappa shape index (κ2) is 3.72. The SMILES string of the molecule is Cc1cc(-c2cncc(C=O)c2)cs1. The Kier molecular flexibility index (Phi) is 2.41. The van der Waals surface area contributed by atoms with Crippen LogP contribution in [0.1, 0.15) is 15.2 Å². The minimum atomic E-state index is 0.617. The highest BCUT2D eigenvalue weighted by molar-refractivity contribution is 7.10. The van der Waals surface area contributed by atoms with Crippen molar-refractivity contribution >= 4 is 17.6 Å².